The second-order valence-electron chi connectivity index (χ2n) is 5.73. The molecule has 0 saturated heterocycles. The standard InChI is InChI=1S/C19H15ClN4O3/c20-12-1-3-13(4-2-12)24-19(25)15-10-22-18(11-21-15)23-14-5-6-16-17(9-14)27-8-7-26-16/h1-6,9-11H,7-8H2,(H,22,23)(H,24,25). The molecule has 27 heavy (non-hydrogen) atoms. The first kappa shape index (κ1) is 17.1. The molecule has 0 saturated carbocycles. The third-order valence-corrected chi connectivity index (χ3v) is 4.05. The van der Waals surface area contributed by atoms with Gasteiger partial charge in [0.05, 0.1) is 12.4 Å². The van der Waals surface area contributed by atoms with Crippen LogP contribution >= 0.6 is 11.6 Å². The lowest BCUT2D eigenvalue weighted by atomic mass is 10.2. The van der Waals surface area contributed by atoms with E-state index < -0.39 is 0 Å². The molecule has 136 valence electrons. The molecule has 0 bridgehead atoms. The van der Waals surface area contributed by atoms with Gasteiger partial charge in [-0.25, -0.2) is 9.97 Å². The molecule has 1 aromatic heterocycles. The smallest absolute Gasteiger partial charge is 0.275 e. The van der Waals surface area contributed by atoms with Crippen molar-refractivity contribution in [1.82, 2.24) is 9.97 Å². The van der Waals surface area contributed by atoms with Gasteiger partial charge in [-0.2, -0.15) is 0 Å². The summed E-state index contributed by atoms with van der Waals surface area (Å²) in [4.78, 5) is 20.6. The molecule has 1 amide bonds. The van der Waals surface area contributed by atoms with Gasteiger partial charge in [-0.3, -0.25) is 4.79 Å². The molecule has 1 aliphatic rings. The quantitative estimate of drug-likeness (QED) is 0.711. The highest BCUT2D eigenvalue weighted by atomic mass is 35.5. The largest absolute Gasteiger partial charge is 0.486 e. The molecule has 0 spiro atoms. The van der Waals surface area contributed by atoms with Gasteiger partial charge in [-0.1, -0.05) is 11.6 Å². The number of ether oxygens (including phenoxy) is 2. The van der Waals surface area contributed by atoms with Crippen LogP contribution in [0.1, 0.15) is 10.5 Å². The number of fused-ring (bicyclic) bond motifs is 1. The lowest BCUT2D eigenvalue weighted by Crippen LogP contribution is -2.15. The maximum atomic E-state index is 12.2. The number of aromatic nitrogens is 2. The van der Waals surface area contributed by atoms with Crippen LogP contribution in [0.5, 0.6) is 11.5 Å². The van der Waals surface area contributed by atoms with Crippen LogP contribution in [0.3, 0.4) is 0 Å². The highest BCUT2D eigenvalue weighted by molar-refractivity contribution is 6.30. The van der Waals surface area contributed by atoms with Gasteiger partial charge in [0.15, 0.2) is 11.5 Å². The monoisotopic (exact) mass is 382 g/mol. The van der Waals surface area contributed by atoms with Crippen molar-refractivity contribution in [1.29, 1.82) is 0 Å². The number of nitrogens with one attached hydrogen (secondary N) is 2. The second kappa shape index (κ2) is 7.51. The summed E-state index contributed by atoms with van der Waals surface area (Å²) in [5.74, 6) is 1.55. The number of halogens is 1. The molecule has 2 aromatic carbocycles. The fourth-order valence-electron chi connectivity index (χ4n) is 2.51. The van der Waals surface area contributed by atoms with Gasteiger partial charge in [0.25, 0.3) is 5.91 Å². The highest BCUT2D eigenvalue weighted by Crippen LogP contribution is 2.33. The maximum Gasteiger partial charge on any atom is 0.275 e. The normalized spacial score (nSPS) is 12.3. The van der Waals surface area contributed by atoms with Crippen LogP contribution in [0.15, 0.2) is 54.9 Å². The van der Waals surface area contributed by atoms with Crippen LogP contribution in [0.2, 0.25) is 5.02 Å². The van der Waals surface area contributed by atoms with E-state index in [1.807, 2.05) is 18.2 Å². The number of amides is 1. The van der Waals surface area contributed by atoms with Crippen molar-refractivity contribution in [3.8, 4) is 11.5 Å². The van der Waals surface area contributed by atoms with E-state index in [9.17, 15) is 4.79 Å². The van der Waals surface area contributed by atoms with Crippen LogP contribution in [-0.2, 0) is 0 Å². The summed E-state index contributed by atoms with van der Waals surface area (Å²) < 4.78 is 11.0. The Morgan fingerprint density at radius 3 is 2.41 bits per heavy atom. The number of carbonyl (C=O) groups excluding carboxylic acids is 1. The molecule has 4 rings (SSSR count). The van der Waals surface area contributed by atoms with Crippen molar-refractivity contribution in [3.63, 3.8) is 0 Å². The van der Waals surface area contributed by atoms with E-state index in [4.69, 9.17) is 21.1 Å². The summed E-state index contributed by atoms with van der Waals surface area (Å²) in [6, 6.07) is 12.3. The third-order valence-electron chi connectivity index (χ3n) is 3.80. The van der Waals surface area contributed by atoms with E-state index in [1.54, 1.807) is 24.3 Å². The number of hydrogen-bond donors (Lipinski definition) is 2. The second-order valence-corrected chi connectivity index (χ2v) is 6.17. The molecule has 0 aliphatic carbocycles. The van der Waals surface area contributed by atoms with E-state index >= 15 is 0 Å². The first-order valence-electron chi connectivity index (χ1n) is 8.23. The van der Waals surface area contributed by atoms with Crippen molar-refractivity contribution >= 4 is 34.7 Å². The average Bonchev–Trinajstić information content (AvgIpc) is 2.70. The van der Waals surface area contributed by atoms with Gasteiger partial charge < -0.3 is 20.1 Å². The minimum Gasteiger partial charge on any atom is -0.486 e. The Bertz CT molecular complexity index is 962. The Balaban J connectivity index is 1.42. The fraction of sp³-hybridized carbons (Fsp3) is 0.105. The Labute approximate surface area is 160 Å². The van der Waals surface area contributed by atoms with Crippen LogP contribution in [0.4, 0.5) is 17.2 Å². The van der Waals surface area contributed by atoms with E-state index in [2.05, 4.69) is 20.6 Å². The van der Waals surface area contributed by atoms with Crippen molar-refractivity contribution in [2.24, 2.45) is 0 Å². The summed E-state index contributed by atoms with van der Waals surface area (Å²) >= 11 is 5.83. The van der Waals surface area contributed by atoms with Crippen molar-refractivity contribution in [3.05, 3.63) is 65.6 Å². The molecule has 0 fully saturated rings. The van der Waals surface area contributed by atoms with Gasteiger partial charge in [0.1, 0.15) is 24.7 Å². The molecule has 1 aliphatic heterocycles. The van der Waals surface area contributed by atoms with E-state index in [-0.39, 0.29) is 11.6 Å². The minimum atomic E-state index is -0.351. The number of anilines is 3. The molecule has 3 aromatic rings. The zero-order chi connectivity index (χ0) is 18.6. The zero-order valence-corrected chi connectivity index (χ0v) is 14.9. The first-order valence-corrected chi connectivity index (χ1v) is 8.61. The summed E-state index contributed by atoms with van der Waals surface area (Å²) in [5, 5.41) is 6.46. The first-order chi connectivity index (χ1) is 13.2. The average molecular weight is 383 g/mol. The van der Waals surface area contributed by atoms with E-state index in [1.165, 1.54) is 12.4 Å². The summed E-state index contributed by atoms with van der Waals surface area (Å²) in [7, 11) is 0. The van der Waals surface area contributed by atoms with Crippen molar-refractivity contribution in [2.45, 2.75) is 0 Å². The SMILES string of the molecule is O=C(Nc1ccc(Cl)cc1)c1cnc(Nc2ccc3c(c2)OCCO3)cn1. The molecular formula is C19H15ClN4O3. The third kappa shape index (κ3) is 4.09. The zero-order valence-electron chi connectivity index (χ0n) is 14.1. The molecule has 0 radical (unpaired) electrons. The van der Waals surface area contributed by atoms with Crippen LogP contribution in [0, 0.1) is 0 Å². The van der Waals surface area contributed by atoms with Crippen LogP contribution in [0.25, 0.3) is 0 Å². The van der Waals surface area contributed by atoms with Gasteiger partial charge in [-0.15, -0.1) is 0 Å². The number of nitrogens with zero attached hydrogens (tertiary/aromatic N) is 2. The fourth-order valence-corrected chi connectivity index (χ4v) is 2.63. The Morgan fingerprint density at radius 2 is 1.67 bits per heavy atom. The molecular weight excluding hydrogens is 368 g/mol. The lowest BCUT2D eigenvalue weighted by Gasteiger charge is -2.19. The Kier molecular flexibility index (Phi) is 4.76. The molecule has 7 nitrogen and oxygen atoms in total. The van der Waals surface area contributed by atoms with E-state index in [0.717, 1.165) is 5.69 Å². The Morgan fingerprint density at radius 1 is 0.926 bits per heavy atom. The summed E-state index contributed by atoms with van der Waals surface area (Å²) in [6.07, 6.45) is 2.90. The predicted molar refractivity (Wildman–Crippen MR) is 102 cm³/mol. The van der Waals surface area contributed by atoms with Gasteiger partial charge in [0, 0.05) is 22.5 Å². The lowest BCUT2D eigenvalue weighted by molar-refractivity contribution is 0.102. The molecule has 2 heterocycles. The topological polar surface area (TPSA) is 85.4 Å². The minimum absolute atomic E-state index is 0.206. The highest BCUT2D eigenvalue weighted by Gasteiger charge is 2.12. The number of hydrogen-bond acceptors (Lipinski definition) is 6. The predicted octanol–water partition coefficient (Wildman–Crippen LogP) is 3.90. The Hall–Kier alpha value is -3.32. The molecule has 2 N–H and O–H groups in total. The van der Waals surface area contributed by atoms with Gasteiger partial charge >= 0.3 is 0 Å². The molecule has 8 heteroatoms. The van der Waals surface area contributed by atoms with E-state index in [0.29, 0.717) is 41.2 Å². The number of rotatable bonds is 4. The number of benzene rings is 2. The van der Waals surface area contributed by atoms with Crippen LogP contribution < -0.4 is 20.1 Å². The number of carbonyl (C=O) groups is 1. The van der Waals surface area contributed by atoms with Crippen molar-refractivity contribution < 1.29 is 14.3 Å². The molecule has 0 unspecified atom stereocenters. The maximum absolute atomic E-state index is 12.2. The summed E-state index contributed by atoms with van der Waals surface area (Å²) in [6.45, 7) is 1.07. The molecule has 0 atom stereocenters. The van der Waals surface area contributed by atoms with Crippen molar-refractivity contribution in [2.75, 3.05) is 23.8 Å². The summed E-state index contributed by atoms with van der Waals surface area (Å²) in [5.41, 5.74) is 1.62. The van der Waals surface area contributed by atoms with Gasteiger partial charge in [-0.05, 0) is 36.4 Å². The van der Waals surface area contributed by atoms with Crippen LogP contribution in [-0.4, -0.2) is 29.1 Å². The van der Waals surface area contributed by atoms with Gasteiger partial charge in [0.2, 0.25) is 0 Å².